The van der Waals surface area contributed by atoms with Crippen molar-refractivity contribution in [2.45, 2.75) is 18.7 Å². The average molecular weight is 318 g/mol. The predicted molar refractivity (Wildman–Crippen MR) is 81.3 cm³/mol. The lowest BCUT2D eigenvalue weighted by atomic mass is 10.1. The van der Waals surface area contributed by atoms with Crippen molar-refractivity contribution in [3.05, 3.63) is 36.2 Å². The topological polar surface area (TPSA) is 59.3 Å². The second-order valence-electron chi connectivity index (χ2n) is 6.08. The van der Waals surface area contributed by atoms with Crippen LogP contribution in [-0.2, 0) is 18.3 Å². The molecule has 2 atom stereocenters. The maximum Gasteiger partial charge on any atom is 0.225 e. The number of fused-ring (bicyclic) bond motifs is 1. The van der Waals surface area contributed by atoms with Gasteiger partial charge in [0.25, 0.3) is 0 Å². The van der Waals surface area contributed by atoms with Crippen molar-refractivity contribution in [1.82, 2.24) is 24.6 Å². The number of ether oxygens (including phenoxy) is 1. The van der Waals surface area contributed by atoms with Gasteiger partial charge < -0.3 is 9.64 Å². The molecule has 4 heterocycles. The highest BCUT2D eigenvalue weighted by Gasteiger charge is 2.40. The molecular weight excluding hydrogens is 299 g/mol. The lowest BCUT2D eigenvalue weighted by Gasteiger charge is -2.36. The molecule has 4 rings (SSSR count). The summed E-state index contributed by atoms with van der Waals surface area (Å²) in [5.41, 5.74) is 1.20. The highest BCUT2D eigenvalue weighted by Crippen LogP contribution is 2.26. The number of morpholine rings is 1. The van der Waals surface area contributed by atoms with Gasteiger partial charge in [-0.05, 0) is 0 Å². The third kappa shape index (κ3) is 2.91. The van der Waals surface area contributed by atoms with Crippen LogP contribution in [0.2, 0.25) is 0 Å². The van der Waals surface area contributed by atoms with Crippen molar-refractivity contribution in [2.24, 2.45) is 7.05 Å². The third-order valence-corrected chi connectivity index (χ3v) is 4.45. The normalized spacial score (nSPS) is 24.9. The molecule has 0 bridgehead atoms. The summed E-state index contributed by atoms with van der Waals surface area (Å²) in [6.07, 6.45) is 6.49. The Hall–Kier alpha value is -2.06. The van der Waals surface area contributed by atoms with E-state index < -0.39 is 5.82 Å². The molecule has 2 fully saturated rings. The van der Waals surface area contributed by atoms with Crippen molar-refractivity contribution in [1.29, 1.82) is 0 Å². The van der Waals surface area contributed by atoms with Gasteiger partial charge in [0.05, 0.1) is 37.3 Å². The average Bonchev–Trinajstić information content (AvgIpc) is 3.15. The molecule has 7 nitrogen and oxygen atoms in total. The Kier molecular flexibility index (Phi) is 3.70. The molecule has 2 aliphatic heterocycles. The molecule has 2 aromatic rings. The summed E-state index contributed by atoms with van der Waals surface area (Å²) in [7, 11) is 1.93. The molecule has 0 N–H and O–H groups in total. The van der Waals surface area contributed by atoms with Crippen LogP contribution in [0.15, 0.2) is 24.8 Å². The SMILES string of the molecule is Cn1cc(CN2CCO[C@@H]3CN(c4ncc(F)cn4)C[C@@H]32)cn1. The van der Waals surface area contributed by atoms with Crippen molar-refractivity contribution in [3.63, 3.8) is 0 Å². The quantitative estimate of drug-likeness (QED) is 0.818. The molecule has 0 aromatic carbocycles. The lowest BCUT2D eigenvalue weighted by Crippen LogP contribution is -2.50. The fourth-order valence-electron chi connectivity index (χ4n) is 3.37. The van der Waals surface area contributed by atoms with Crippen molar-refractivity contribution >= 4 is 5.95 Å². The second kappa shape index (κ2) is 5.86. The molecule has 2 saturated heterocycles. The Bertz CT molecular complexity index is 675. The van der Waals surface area contributed by atoms with Gasteiger partial charge in [0.1, 0.15) is 0 Å². The summed E-state index contributed by atoms with van der Waals surface area (Å²) < 4.78 is 20.7. The van der Waals surface area contributed by atoms with E-state index in [2.05, 4.69) is 24.9 Å². The van der Waals surface area contributed by atoms with Gasteiger partial charge in [-0.15, -0.1) is 0 Å². The molecule has 0 saturated carbocycles. The Labute approximate surface area is 133 Å². The van der Waals surface area contributed by atoms with Crippen LogP contribution in [0.5, 0.6) is 0 Å². The molecule has 0 spiro atoms. The van der Waals surface area contributed by atoms with Crippen LogP contribution in [0.25, 0.3) is 0 Å². The zero-order valence-corrected chi connectivity index (χ0v) is 13.0. The van der Waals surface area contributed by atoms with E-state index in [-0.39, 0.29) is 12.1 Å². The molecule has 0 radical (unpaired) electrons. The summed E-state index contributed by atoms with van der Waals surface area (Å²) in [5, 5.41) is 4.23. The van der Waals surface area contributed by atoms with Gasteiger partial charge in [0.15, 0.2) is 5.82 Å². The van der Waals surface area contributed by atoms with E-state index in [1.165, 1.54) is 18.0 Å². The van der Waals surface area contributed by atoms with Crippen LogP contribution in [0.3, 0.4) is 0 Å². The Morgan fingerprint density at radius 2 is 2.09 bits per heavy atom. The van der Waals surface area contributed by atoms with E-state index >= 15 is 0 Å². The fraction of sp³-hybridized carbons (Fsp3) is 0.533. The number of aryl methyl sites for hydroxylation is 1. The zero-order valence-electron chi connectivity index (χ0n) is 13.0. The first-order valence-electron chi connectivity index (χ1n) is 7.75. The minimum absolute atomic E-state index is 0.133. The molecule has 122 valence electrons. The predicted octanol–water partition coefficient (Wildman–Crippen LogP) is 0.439. The maximum absolute atomic E-state index is 13.0. The van der Waals surface area contributed by atoms with E-state index in [1.807, 2.05) is 24.1 Å². The number of anilines is 1. The first-order chi connectivity index (χ1) is 11.2. The van der Waals surface area contributed by atoms with Crippen LogP contribution in [0.1, 0.15) is 5.56 Å². The third-order valence-electron chi connectivity index (χ3n) is 4.45. The van der Waals surface area contributed by atoms with Gasteiger partial charge in [-0.1, -0.05) is 0 Å². The van der Waals surface area contributed by atoms with Crippen molar-refractivity contribution < 1.29 is 9.13 Å². The van der Waals surface area contributed by atoms with Crippen LogP contribution in [0, 0.1) is 5.82 Å². The molecule has 2 aromatic heterocycles. The van der Waals surface area contributed by atoms with Gasteiger partial charge in [-0.2, -0.15) is 5.10 Å². The van der Waals surface area contributed by atoms with Crippen LogP contribution >= 0.6 is 0 Å². The van der Waals surface area contributed by atoms with Crippen molar-refractivity contribution in [3.8, 4) is 0 Å². The molecule has 0 aliphatic carbocycles. The molecule has 23 heavy (non-hydrogen) atoms. The summed E-state index contributed by atoms with van der Waals surface area (Å²) in [6, 6.07) is 0.289. The van der Waals surface area contributed by atoms with Crippen LogP contribution in [-0.4, -0.2) is 63.0 Å². The van der Waals surface area contributed by atoms with Crippen LogP contribution in [0.4, 0.5) is 10.3 Å². The summed E-state index contributed by atoms with van der Waals surface area (Å²) in [5.74, 6) is 0.144. The number of rotatable bonds is 3. The van der Waals surface area contributed by atoms with E-state index in [0.717, 1.165) is 32.8 Å². The number of aromatic nitrogens is 4. The van der Waals surface area contributed by atoms with Crippen molar-refractivity contribution in [2.75, 3.05) is 31.1 Å². The fourth-order valence-corrected chi connectivity index (χ4v) is 3.37. The van der Waals surface area contributed by atoms with Gasteiger partial charge >= 0.3 is 0 Å². The highest BCUT2D eigenvalue weighted by molar-refractivity contribution is 5.33. The van der Waals surface area contributed by atoms with E-state index in [4.69, 9.17) is 4.74 Å². The minimum Gasteiger partial charge on any atom is -0.373 e. The maximum atomic E-state index is 13.0. The Morgan fingerprint density at radius 3 is 2.83 bits per heavy atom. The number of hydrogen-bond donors (Lipinski definition) is 0. The molecule has 8 heteroatoms. The number of halogens is 1. The molecule has 2 aliphatic rings. The Balaban J connectivity index is 1.48. The Morgan fingerprint density at radius 1 is 1.26 bits per heavy atom. The summed E-state index contributed by atoms with van der Waals surface area (Å²) >= 11 is 0. The first kappa shape index (κ1) is 14.5. The van der Waals surface area contributed by atoms with Gasteiger partial charge in [0.2, 0.25) is 5.95 Å². The number of hydrogen-bond acceptors (Lipinski definition) is 6. The monoisotopic (exact) mass is 318 g/mol. The second-order valence-corrected chi connectivity index (χ2v) is 6.08. The smallest absolute Gasteiger partial charge is 0.225 e. The van der Waals surface area contributed by atoms with Gasteiger partial charge in [-0.3, -0.25) is 9.58 Å². The molecular formula is C15H19FN6O. The zero-order chi connectivity index (χ0) is 15.8. The highest BCUT2D eigenvalue weighted by atomic mass is 19.1. The van der Waals surface area contributed by atoms with E-state index in [0.29, 0.717) is 5.95 Å². The summed E-state index contributed by atoms with van der Waals surface area (Å²) in [6.45, 7) is 4.00. The molecule has 0 amide bonds. The first-order valence-corrected chi connectivity index (χ1v) is 7.75. The summed E-state index contributed by atoms with van der Waals surface area (Å²) in [4.78, 5) is 12.7. The largest absolute Gasteiger partial charge is 0.373 e. The van der Waals surface area contributed by atoms with E-state index in [9.17, 15) is 4.39 Å². The lowest BCUT2D eigenvalue weighted by molar-refractivity contribution is -0.0499. The van der Waals surface area contributed by atoms with Crippen LogP contribution < -0.4 is 4.90 Å². The van der Waals surface area contributed by atoms with E-state index in [1.54, 1.807) is 0 Å². The molecule has 0 unspecified atom stereocenters. The minimum atomic E-state index is -0.417. The standard InChI is InChI=1S/C15H19FN6O/c1-20-7-11(4-19-20)8-21-2-3-23-14-10-22(9-13(14)21)15-17-5-12(16)6-18-15/h4-7,13-14H,2-3,8-10H2,1H3/t13-,14+/m0/s1. The number of nitrogens with zero attached hydrogens (tertiary/aromatic N) is 6. The van der Waals surface area contributed by atoms with Gasteiger partial charge in [-0.25, -0.2) is 14.4 Å². The van der Waals surface area contributed by atoms with Gasteiger partial charge in [0, 0.05) is 45.0 Å².